The standard InChI is InChI=1S/C25H37N5O8/c26-12-2-1-4-18(28-22(34)17(27)14-15-6-8-16(31)9-7-15)24(36)30-13-3-5-20(30)23(35)29-19(25(37)38)10-11-21(32)33/h6-9,17-20,31H,1-5,10-14,26-27H2,(H,28,34)(H,29,35)(H,32,33)(H,37,38). The molecule has 2 rings (SSSR count). The molecular formula is C25H37N5O8. The van der Waals surface area contributed by atoms with Gasteiger partial charge in [0.2, 0.25) is 17.7 Å². The highest BCUT2D eigenvalue weighted by atomic mass is 16.4. The highest BCUT2D eigenvalue weighted by molar-refractivity contribution is 5.94. The Kier molecular flexibility index (Phi) is 12.0. The van der Waals surface area contributed by atoms with E-state index in [0.717, 1.165) is 5.56 Å². The van der Waals surface area contributed by atoms with Gasteiger partial charge in [-0.1, -0.05) is 12.1 Å². The largest absolute Gasteiger partial charge is 0.508 e. The van der Waals surface area contributed by atoms with Crippen LogP contribution in [-0.4, -0.2) is 87.1 Å². The van der Waals surface area contributed by atoms with Crippen molar-refractivity contribution >= 4 is 29.7 Å². The smallest absolute Gasteiger partial charge is 0.326 e. The molecule has 1 heterocycles. The third-order valence-electron chi connectivity index (χ3n) is 6.39. The Morgan fingerprint density at radius 3 is 2.29 bits per heavy atom. The Balaban J connectivity index is 2.09. The highest BCUT2D eigenvalue weighted by Gasteiger charge is 2.39. The number of phenolic OH excluding ortho intramolecular Hbond substituents is 1. The van der Waals surface area contributed by atoms with Crippen molar-refractivity contribution in [3.05, 3.63) is 29.8 Å². The number of hydrogen-bond acceptors (Lipinski definition) is 8. The second-order valence-corrected chi connectivity index (χ2v) is 9.34. The van der Waals surface area contributed by atoms with E-state index >= 15 is 0 Å². The maximum atomic E-state index is 13.5. The first-order valence-electron chi connectivity index (χ1n) is 12.6. The first kappa shape index (κ1) is 30.5. The fraction of sp³-hybridized carbons (Fsp3) is 0.560. The van der Waals surface area contributed by atoms with Gasteiger partial charge in [0.05, 0.1) is 6.04 Å². The second-order valence-electron chi connectivity index (χ2n) is 9.34. The minimum absolute atomic E-state index is 0.0816. The number of hydrogen-bond donors (Lipinski definition) is 7. The summed E-state index contributed by atoms with van der Waals surface area (Å²) in [6.07, 6.45) is 1.67. The van der Waals surface area contributed by atoms with E-state index in [1.807, 2.05) is 0 Å². The quantitative estimate of drug-likeness (QED) is 0.140. The van der Waals surface area contributed by atoms with Gasteiger partial charge in [0.15, 0.2) is 0 Å². The molecule has 13 heteroatoms. The molecule has 0 aromatic heterocycles. The molecule has 210 valence electrons. The summed E-state index contributed by atoms with van der Waals surface area (Å²) in [4.78, 5) is 62.9. The molecule has 4 unspecified atom stereocenters. The number of nitrogens with zero attached hydrogens (tertiary/aromatic N) is 1. The monoisotopic (exact) mass is 535 g/mol. The average molecular weight is 536 g/mol. The number of carbonyl (C=O) groups excluding carboxylic acids is 3. The van der Waals surface area contributed by atoms with Gasteiger partial charge in [-0.25, -0.2) is 4.79 Å². The number of aromatic hydroxyl groups is 1. The van der Waals surface area contributed by atoms with Crippen LogP contribution in [0.4, 0.5) is 0 Å². The molecule has 13 nitrogen and oxygen atoms in total. The lowest BCUT2D eigenvalue weighted by atomic mass is 10.0. The lowest BCUT2D eigenvalue weighted by molar-refractivity contribution is -0.145. The van der Waals surface area contributed by atoms with Crippen LogP contribution in [0.15, 0.2) is 24.3 Å². The number of benzene rings is 1. The number of likely N-dealkylation sites (tertiary alicyclic amines) is 1. The Hall–Kier alpha value is -3.71. The normalized spacial score (nSPS) is 17.3. The summed E-state index contributed by atoms with van der Waals surface area (Å²) in [5.74, 6) is -4.21. The van der Waals surface area contributed by atoms with Gasteiger partial charge >= 0.3 is 11.9 Å². The van der Waals surface area contributed by atoms with Crippen molar-refractivity contribution in [3.8, 4) is 5.75 Å². The number of phenols is 1. The molecule has 1 aromatic rings. The number of carbonyl (C=O) groups is 5. The van der Waals surface area contributed by atoms with Crippen molar-refractivity contribution in [1.29, 1.82) is 0 Å². The SMILES string of the molecule is NCCCCC(NC(=O)C(N)Cc1ccc(O)cc1)C(=O)N1CCCC1C(=O)NC(CCC(=O)O)C(=O)O. The summed E-state index contributed by atoms with van der Waals surface area (Å²) < 4.78 is 0. The Morgan fingerprint density at radius 2 is 1.68 bits per heavy atom. The fourth-order valence-electron chi connectivity index (χ4n) is 4.30. The van der Waals surface area contributed by atoms with Gasteiger partial charge in [-0.05, 0) is 69.2 Å². The summed E-state index contributed by atoms with van der Waals surface area (Å²) >= 11 is 0. The van der Waals surface area contributed by atoms with E-state index in [1.54, 1.807) is 12.1 Å². The number of amides is 3. The third kappa shape index (κ3) is 9.30. The van der Waals surface area contributed by atoms with Crippen LogP contribution in [0.5, 0.6) is 5.75 Å². The van der Waals surface area contributed by atoms with E-state index in [0.29, 0.717) is 32.2 Å². The van der Waals surface area contributed by atoms with Crippen LogP contribution in [0.25, 0.3) is 0 Å². The van der Waals surface area contributed by atoms with Crippen LogP contribution in [0.3, 0.4) is 0 Å². The van der Waals surface area contributed by atoms with Gasteiger partial charge in [0.1, 0.15) is 23.9 Å². The fourth-order valence-corrected chi connectivity index (χ4v) is 4.30. The molecular weight excluding hydrogens is 498 g/mol. The average Bonchev–Trinajstić information content (AvgIpc) is 3.36. The number of nitrogens with two attached hydrogens (primary N) is 2. The molecule has 1 aromatic carbocycles. The Morgan fingerprint density at radius 1 is 1.00 bits per heavy atom. The Bertz CT molecular complexity index is 986. The molecule has 38 heavy (non-hydrogen) atoms. The van der Waals surface area contributed by atoms with Gasteiger partial charge in [0, 0.05) is 13.0 Å². The first-order valence-corrected chi connectivity index (χ1v) is 12.6. The first-order chi connectivity index (χ1) is 18.0. The van der Waals surface area contributed by atoms with Crippen molar-refractivity contribution in [1.82, 2.24) is 15.5 Å². The number of unbranched alkanes of at least 4 members (excludes halogenated alkanes) is 1. The van der Waals surface area contributed by atoms with E-state index in [1.165, 1.54) is 17.0 Å². The predicted octanol–water partition coefficient (Wildman–Crippen LogP) is -0.699. The van der Waals surface area contributed by atoms with Gasteiger partial charge in [-0.3, -0.25) is 19.2 Å². The zero-order valence-corrected chi connectivity index (χ0v) is 21.2. The number of rotatable bonds is 15. The van der Waals surface area contributed by atoms with Crippen molar-refractivity contribution in [3.63, 3.8) is 0 Å². The molecule has 4 atom stereocenters. The molecule has 3 amide bonds. The zero-order chi connectivity index (χ0) is 28.2. The van der Waals surface area contributed by atoms with Gasteiger partial charge < -0.3 is 42.3 Å². The van der Waals surface area contributed by atoms with Crippen LogP contribution >= 0.6 is 0 Å². The van der Waals surface area contributed by atoms with E-state index in [-0.39, 0.29) is 31.6 Å². The van der Waals surface area contributed by atoms with Crippen LogP contribution in [0, 0.1) is 0 Å². The van der Waals surface area contributed by atoms with Crippen molar-refractivity contribution in [2.45, 2.75) is 75.5 Å². The highest BCUT2D eigenvalue weighted by Crippen LogP contribution is 2.21. The minimum Gasteiger partial charge on any atom is -0.508 e. The lowest BCUT2D eigenvalue weighted by Crippen LogP contribution is -2.57. The molecule has 1 fully saturated rings. The second kappa shape index (κ2) is 14.9. The zero-order valence-electron chi connectivity index (χ0n) is 21.2. The van der Waals surface area contributed by atoms with Crippen LogP contribution in [-0.2, 0) is 30.4 Å². The number of carboxylic acid groups (broad SMARTS) is 2. The summed E-state index contributed by atoms with van der Waals surface area (Å²) in [5, 5.41) is 32.7. The van der Waals surface area contributed by atoms with Crippen LogP contribution in [0.1, 0.15) is 50.5 Å². The maximum Gasteiger partial charge on any atom is 0.326 e. The topological polar surface area (TPSA) is 225 Å². The van der Waals surface area contributed by atoms with Crippen molar-refractivity contribution in [2.24, 2.45) is 11.5 Å². The molecule has 9 N–H and O–H groups in total. The molecule has 0 aliphatic carbocycles. The number of carboxylic acids is 2. The molecule has 1 aliphatic heterocycles. The number of nitrogens with one attached hydrogen (secondary N) is 2. The maximum absolute atomic E-state index is 13.5. The summed E-state index contributed by atoms with van der Waals surface area (Å²) in [6.45, 7) is 0.642. The minimum atomic E-state index is -1.41. The van der Waals surface area contributed by atoms with E-state index in [9.17, 15) is 34.2 Å². The summed E-state index contributed by atoms with van der Waals surface area (Å²) in [6, 6.07) is 1.95. The van der Waals surface area contributed by atoms with Crippen LogP contribution in [0.2, 0.25) is 0 Å². The molecule has 1 saturated heterocycles. The van der Waals surface area contributed by atoms with E-state index in [2.05, 4.69) is 10.6 Å². The van der Waals surface area contributed by atoms with Crippen molar-refractivity contribution < 1.29 is 39.3 Å². The molecule has 0 radical (unpaired) electrons. The third-order valence-corrected chi connectivity index (χ3v) is 6.39. The van der Waals surface area contributed by atoms with E-state index < -0.39 is 60.2 Å². The van der Waals surface area contributed by atoms with Gasteiger partial charge in [-0.15, -0.1) is 0 Å². The lowest BCUT2D eigenvalue weighted by Gasteiger charge is -2.30. The summed E-state index contributed by atoms with van der Waals surface area (Å²) in [7, 11) is 0. The van der Waals surface area contributed by atoms with Crippen LogP contribution < -0.4 is 22.1 Å². The molecule has 0 saturated carbocycles. The van der Waals surface area contributed by atoms with Gasteiger partial charge in [-0.2, -0.15) is 0 Å². The number of aliphatic carboxylic acids is 2. The molecule has 1 aliphatic rings. The summed E-state index contributed by atoms with van der Waals surface area (Å²) in [5.41, 5.74) is 12.4. The molecule has 0 bridgehead atoms. The Labute approximate surface area is 220 Å². The van der Waals surface area contributed by atoms with Crippen molar-refractivity contribution in [2.75, 3.05) is 13.1 Å². The predicted molar refractivity (Wildman–Crippen MR) is 136 cm³/mol. The van der Waals surface area contributed by atoms with Gasteiger partial charge in [0.25, 0.3) is 0 Å². The molecule has 0 spiro atoms. The van der Waals surface area contributed by atoms with E-state index in [4.69, 9.17) is 16.6 Å².